The maximum absolute atomic E-state index is 3.66. The second-order valence-electron chi connectivity index (χ2n) is 13.8. The Kier molecular flexibility index (Phi) is 6.76. The molecule has 0 aliphatic rings. The van der Waals surface area contributed by atoms with Crippen molar-refractivity contribution < 1.29 is 0 Å². The number of aromatic nitrogens is 1. The number of hydrogen-bond acceptors (Lipinski definition) is 2. The summed E-state index contributed by atoms with van der Waals surface area (Å²) in [7, 11) is 0. The van der Waals surface area contributed by atoms with Crippen LogP contribution < -0.4 is 5.32 Å². The van der Waals surface area contributed by atoms with Gasteiger partial charge in [0.05, 0.1) is 11.0 Å². The highest BCUT2D eigenvalue weighted by Gasteiger charge is 2.22. The Balaban J connectivity index is 1.14. The van der Waals surface area contributed by atoms with Crippen molar-refractivity contribution in [2.45, 2.75) is 0 Å². The van der Waals surface area contributed by atoms with Crippen LogP contribution in [-0.2, 0) is 0 Å². The first kappa shape index (κ1) is 30.0. The number of thiophene rings is 1. The molecule has 0 aliphatic carbocycles. The second-order valence-corrected chi connectivity index (χ2v) is 14.8. The van der Waals surface area contributed by atoms with Gasteiger partial charge in [-0.15, -0.1) is 11.3 Å². The zero-order chi connectivity index (χ0) is 34.9. The lowest BCUT2D eigenvalue weighted by Crippen LogP contribution is -1.94. The normalized spacial score (nSPS) is 11.8. The van der Waals surface area contributed by atoms with E-state index in [0.29, 0.717) is 0 Å². The Bertz CT molecular complexity index is 3170. The first-order valence-electron chi connectivity index (χ1n) is 18.1. The minimum atomic E-state index is 1.07. The van der Waals surface area contributed by atoms with Crippen molar-refractivity contribution in [1.82, 2.24) is 4.57 Å². The molecular formula is C50H32N2S. The van der Waals surface area contributed by atoms with Gasteiger partial charge in [-0.05, 0) is 87.6 Å². The third-order valence-electron chi connectivity index (χ3n) is 10.7. The van der Waals surface area contributed by atoms with Crippen LogP contribution in [0.15, 0.2) is 188 Å². The van der Waals surface area contributed by atoms with Gasteiger partial charge < -0.3 is 9.88 Å². The van der Waals surface area contributed by atoms with Gasteiger partial charge in [-0.3, -0.25) is 0 Å². The standard InChI is InChI=1S/C50H32N2S/c1-3-12-32(13-4-1)36-25-29-46-43(31-36)47-40-19-9-10-20-41(40)49-48(50(47)53-46)42-30-35(24-28-45(42)52(49)38-16-5-2-6-17-38)33-22-26-37(27-23-33)51-44-21-11-15-34-14-7-8-18-39(34)44/h1-31,51H. The first-order chi connectivity index (χ1) is 26.3. The van der Waals surface area contributed by atoms with Crippen LogP contribution >= 0.6 is 11.3 Å². The first-order valence-corrected chi connectivity index (χ1v) is 18.9. The van der Waals surface area contributed by atoms with E-state index < -0.39 is 0 Å². The van der Waals surface area contributed by atoms with Gasteiger partial charge >= 0.3 is 0 Å². The molecule has 1 N–H and O–H groups in total. The monoisotopic (exact) mass is 692 g/mol. The fourth-order valence-electron chi connectivity index (χ4n) is 8.30. The smallest absolute Gasteiger partial charge is 0.0634 e. The average molecular weight is 693 g/mol. The summed E-state index contributed by atoms with van der Waals surface area (Å²) in [6.45, 7) is 0. The van der Waals surface area contributed by atoms with E-state index in [9.17, 15) is 0 Å². The molecule has 0 spiro atoms. The fourth-order valence-corrected chi connectivity index (χ4v) is 9.55. The third kappa shape index (κ3) is 4.78. The molecular weight excluding hydrogens is 661 g/mol. The Morgan fingerprint density at radius 2 is 1.04 bits per heavy atom. The summed E-state index contributed by atoms with van der Waals surface area (Å²) in [5, 5.41) is 13.9. The fraction of sp³-hybridized carbons (Fsp3) is 0. The van der Waals surface area contributed by atoms with E-state index in [-0.39, 0.29) is 0 Å². The highest BCUT2D eigenvalue weighted by atomic mass is 32.1. The summed E-state index contributed by atoms with van der Waals surface area (Å²) < 4.78 is 5.13. The summed E-state index contributed by atoms with van der Waals surface area (Å²) in [4.78, 5) is 0. The molecule has 9 aromatic carbocycles. The van der Waals surface area contributed by atoms with E-state index in [1.54, 1.807) is 0 Å². The van der Waals surface area contributed by atoms with E-state index >= 15 is 0 Å². The number of rotatable bonds is 5. The maximum Gasteiger partial charge on any atom is 0.0634 e. The highest BCUT2D eigenvalue weighted by Crippen LogP contribution is 2.49. The molecule has 11 rings (SSSR count). The van der Waals surface area contributed by atoms with Crippen LogP contribution in [0.4, 0.5) is 11.4 Å². The van der Waals surface area contributed by atoms with E-state index in [4.69, 9.17) is 0 Å². The number of fused-ring (bicyclic) bond motifs is 11. The van der Waals surface area contributed by atoms with Crippen molar-refractivity contribution >= 4 is 86.2 Å². The third-order valence-corrected chi connectivity index (χ3v) is 11.9. The summed E-state index contributed by atoms with van der Waals surface area (Å²) in [5.41, 5.74) is 10.7. The summed E-state index contributed by atoms with van der Waals surface area (Å²) >= 11 is 1.92. The van der Waals surface area contributed by atoms with Gasteiger partial charge in [0, 0.05) is 58.8 Å². The second kappa shape index (κ2) is 11.9. The summed E-state index contributed by atoms with van der Waals surface area (Å²) in [5.74, 6) is 0. The Labute approximate surface area is 310 Å². The Hall–Kier alpha value is -6.68. The molecule has 248 valence electrons. The van der Waals surface area contributed by atoms with Crippen LogP contribution in [0.5, 0.6) is 0 Å². The predicted molar refractivity (Wildman–Crippen MR) is 229 cm³/mol. The molecule has 0 unspecified atom stereocenters. The average Bonchev–Trinajstić information content (AvgIpc) is 3.78. The minimum absolute atomic E-state index is 1.07. The van der Waals surface area contributed by atoms with Gasteiger partial charge in [-0.2, -0.15) is 0 Å². The van der Waals surface area contributed by atoms with Gasteiger partial charge in [0.1, 0.15) is 0 Å². The van der Waals surface area contributed by atoms with Crippen LogP contribution in [0.1, 0.15) is 0 Å². The Morgan fingerprint density at radius 3 is 1.85 bits per heavy atom. The predicted octanol–water partition coefficient (Wildman–Crippen LogP) is 14.5. The van der Waals surface area contributed by atoms with Crippen LogP contribution in [0.25, 0.3) is 91.5 Å². The minimum Gasteiger partial charge on any atom is -0.355 e. The van der Waals surface area contributed by atoms with Crippen LogP contribution in [0, 0.1) is 0 Å². The lowest BCUT2D eigenvalue weighted by molar-refractivity contribution is 1.19. The molecule has 0 radical (unpaired) electrons. The number of benzene rings is 9. The van der Waals surface area contributed by atoms with Crippen molar-refractivity contribution in [3.8, 4) is 27.9 Å². The van der Waals surface area contributed by atoms with Gasteiger partial charge in [0.15, 0.2) is 0 Å². The topological polar surface area (TPSA) is 17.0 Å². The number of nitrogens with one attached hydrogen (secondary N) is 1. The largest absolute Gasteiger partial charge is 0.355 e. The SMILES string of the molecule is c1ccc(-c2ccc3sc4c(c3c2)c2ccccc2c2c4c3cc(-c4ccc(Nc5cccc6ccccc56)cc4)ccc3n2-c2ccccc2)cc1. The molecule has 0 amide bonds. The Morgan fingerprint density at radius 1 is 0.415 bits per heavy atom. The van der Waals surface area contributed by atoms with E-state index in [1.807, 2.05) is 11.3 Å². The molecule has 0 atom stereocenters. The number of para-hydroxylation sites is 1. The van der Waals surface area contributed by atoms with Gasteiger partial charge in [0.2, 0.25) is 0 Å². The molecule has 2 heterocycles. The van der Waals surface area contributed by atoms with Gasteiger partial charge in [-0.25, -0.2) is 0 Å². The quantitative estimate of drug-likeness (QED) is 0.190. The molecule has 3 heteroatoms. The van der Waals surface area contributed by atoms with E-state index in [2.05, 4.69) is 198 Å². The molecule has 0 saturated heterocycles. The highest BCUT2D eigenvalue weighted by molar-refractivity contribution is 7.27. The van der Waals surface area contributed by atoms with Crippen LogP contribution in [0.2, 0.25) is 0 Å². The molecule has 53 heavy (non-hydrogen) atoms. The maximum atomic E-state index is 3.66. The van der Waals surface area contributed by atoms with Crippen molar-refractivity contribution in [1.29, 1.82) is 0 Å². The van der Waals surface area contributed by atoms with Crippen LogP contribution in [-0.4, -0.2) is 4.57 Å². The summed E-state index contributed by atoms with van der Waals surface area (Å²) in [6.07, 6.45) is 0. The molecule has 2 aromatic heterocycles. The number of nitrogens with zero attached hydrogens (tertiary/aromatic N) is 1. The van der Waals surface area contributed by atoms with Crippen molar-refractivity contribution in [3.05, 3.63) is 188 Å². The van der Waals surface area contributed by atoms with E-state index in [1.165, 1.54) is 91.5 Å². The van der Waals surface area contributed by atoms with Gasteiger partial charge in [-0.1, -0.05) is 133 Å². The molecule has 2 nitrogen and oxygen atoms in total. The molecule has 11 aromatic rings. The molecule has 0 fully saturated rings. The molecule has 0 aliphatic heterocycles. The number of anilines is 2. The zero-order valence-corrected chi connectivity index (χ0v) is 29.6. The molecule has 0 saturated carbocycles. The van der Waals surface area contributed by atoms with Gasteiger partial charge in [0.25, 0.3) is 0 Å². The summed E-state index contributed by atoms with van der Waals surface area (Å²) in [6, 6.07) is 68.3. The molecule has 0 bridgehead atoms. The number of hydrogen-bond donors (Lipinski definition) is 1. The van der Waals surface area contributed by atoms with Crippen molar-refractivity contribution in [2.75, 3.05) is 5.32 Å². The lowest BCUT2D eigenvalue weighted by Gasteiger charge is -2.11. The van der Waals surface area contributed by atoms with Crippen LogP contribution in [0.3, 0.4) is 0 Å². The lowest BCUT2D eigenvalue weighted by atomic mass is 9.97. The van der Waals surface area contributed by atoms with E-state index in [0.717, 1.165) is 11.4 Å². The zero-order valence-electron chi connectivity index (χ0n) is 28.8. The van der Waals surface area contributed by atoms with Crippen molar-refractivity contribution in [2.24, 2.45) is 0 Å². The van der Waals surface area contributed by atoms with Crippen molar-refractivity contribution in [3.63, 3.8) is 0 Å².